The van der Waals surface area contributed by atoms with Crippen LogP contribution in [0.3, 0.4) is 0 Å². The molecular formula is C19H16O4. The Kier molecular flexibility index (Phi) is 2.94. The largest absolute Gasteiger partial charge is 0.497 e. The summed E-state index contributed by atoms with van der Waals surface area (Å²) in [7, 11) is 1.65. The quantitative estimate of drug-likeness (QED) is 0.546. The molecule has 23 heavy (non-hydrogen) atoms. The first-order chi connectivity index (χ1) is 11.1. The summed E-state index contributed by atoms with van der Waals surface area (Å²) in [6, 6.07) is 9.81. The Morgan fingerprint density at radius 3 is 2.48 bits per heavy atom. The molecule has 0 saturated heterocycles. The van der Waals surface area contributed by atoms with Gasteiger partial charge in [0.15, 0.2) is 0 Å². The predicted molar refractivity (Wildman–Crippen MR) is 89.2 cm³/mol. The average Bonchev–Trinajstić information content (AvgIpc) is 3.09. The molecule has 0 unspecified atom stereocenters. The monoisotopic (exact) mass is 308 g/mol. The molecule has 4 rings (SSSR count). The number of fused-ring (bicyclic) bond motifs is 6. The fraction of sp³-hybridized carbons (Fsp3) is 0.211. The van der Waals surface area contributed by atoms with Crippen molar-refractivity contribution in [2.45, 2.75) is 20.3 Å². The molecule has 0 fully saturated rings. The number of rotatable bonds is 3. The Bertz CT molecular complexity index is 1070. The third-order valence-electron chi connectivity index (χ3n) is 4.07. The van der Waals surface area contributed by atoms with Gasteiger partial charge in [0, 0.05) is 10.8 Å². The molecule has 0 bridgehead atoms. The highest BCUT2D eigenvalue weighted by Crippen LogP contribution is 2.39. The Labute approximate surface area is 132 Å². The molecule has 0 amide bonds. The van der Waals surface area contributed by atoms with E-state index in [0.717, 1.165) is 44.2 Å². The Hall–Kier alpha value is -2.75. The van der Waals surface area contributed by atoms with Crippen molar-refractivity contribution in [3.05, 3.63) is 41.9 Å². The van der Waals surface area contributed by atoms with Gasteiger partial charge >= 0.3 is 0 Å². The standard InChI is InChI=1S/C19H16O4/c1-10(20)6-13-9-16-14-5-4-12(21-3)8-15(14)18-17(19(16)23-13)7-11(2)22-18/h4-5,7-9H,6H2,1-3H3. The summed E-state index contributed by atoms with van der Waals surface area (Å²) in [6.07, 6.45) is 0.296. The molecule has 0 aliphatic heterocycles. The zero-order valence-electron chi connectivity index (χ0n) is 13.2. The summed E-state index contributed by atoms with van der Waals surface area (Å²) in [5, 5.41) is 3.93. The zero-order valence-corrected chi connectivity index (χ0v) is 13.2. The van der Waals surface area contributed by atoms with E-state index in [2.05, 4.69) is 0 Å². The molecule has 2 heterocycles. The lowest BCUT2D eigenvalue weighted by atomic mass is 10.0. The van der Waals surface area contributed by atoms with Crippen molar-refractivity contribution in [1.82, 2.24) is 0 Å². The predicted octanol–water partition coefficient (Wildman–Crippen LogP) is 4.78. The summed E-state index contributed by atoms with van der Waals surface area (Å²) in [5.41, 5.74) is 1.55. The van der Waals surface area contributed by atoms with Gasteiger partial charge in [-0.25, -0.2) is 0 Å². The van der Waals surface area contributed by atoms with Gasteiger partial charge in [0.05, 0.1) is 18.9 Å². The fourth-order valence-corrected chi connectivity index (χ4v) is 3.13. The maximum atomic E-state index is 11.4. The highest BCUT2D eigenvalue weighted by molar-refractivity contribution is 6.22. The van der Waals surface area contributed by atoms with E-state index >= 15 is 0 Å². The number of Topliss-reactive ketones (excluding diaryl/α,β-unsaturated/α-hetero) is 1. The Morgan fingerprint density at radius 1 is 1.00 bits per heavy atom. The number of hydrogen-bond acceptors (Lipinski definition) is 4. The minimum absolute atomic E-state index is 0.0784. The van der Waals surface area contributed by atoms with E-state index in [4.69, 9.17) is 13.6 Å². The van der Waals surface area contributed by atoms with Gasteiger partial charge in [-0.3, -0.25) is 4.79 Å². The van der Waals surface area contributed by atoms with Crippen LogP contribution in [0.25, 0.3) is 32.7 Å². The van der Waals surface area contributed by atoms with E-state index in [1.807, 2.05) is 37.3 Å². The number of furan rings is 2. The van der Waals surface area contributed by atoms with Crippen LogP contribution in [0.5, 0.6) is 5.75 Å². The van der Waals surface area contributed by atoms with Crippen LogP contribution in [0.15, 0.2) is 39.2 Å². The second-order valence-electron chi connectivity index (χ2n) is 5.85. The molecule has 0 spiro atoms. The molecular weight excluding hydrogens is 292 g/mol. The molecule has 4 heteroatoms. The van der Waals surface area contributed by atoms with E-state index in [0.29, 0.717) is 12.2 Å². The molecule has 0 saturated carbocycles. The van der Waals surface area contributed by atoms with Crippen LogP contribution in [0.2, 0.25) is 0 Å². The van der Waals surface area contributed by atoms with E-state index in [1.165, 1.54) is 0 Å². The number of aryl methyl sites for hydroxylation is 1. The van der Waals surface area contributed by atoms with E-state index < -0.39 is 0 Å². The average molecular weight is 308 g/mol. The second-order valence-corrected chi connectivity index (χ2v) is 5.85. The molecule has 2 aromatic carbocycles. The van der Waals surface area contributed by atoms with E-state index in [-0.39, 0.29) is 5.78 Å². The maximum absolute atomic E-state index is 11.4. The van der Waals surface area contributed by atoms with E-state index in [1.54, 1.807) is 14.0 Å². The van der Waals surface area contributed by atoms with Crippen molar-refractivity contribution in [2.24, 2.45) is 0 Å². The molecule has 116 valence electrons. The van der Waals surface area contributed by atoms with Crippen molar-refractivity contribution < 1.29 is 18.4 Å². The van der Waals surface area contributed by atoms with Crippen LogP contribution in [0, 0.1) is 6.92 Å². The number of carbonyl (C=O) groups excluding carboxylic acids is 1. The van der Waals surface area contributed by atoms with E-state index in [9.17, 15) is 4.79 Å². The van der Waals surface area contributed by atoms with Crippen LogP contribution in [0.4, 0.5) is 0 Å². The molecule has 2 aromatic heterocycles. The maximum Gasteiger partial charge on any atom is 0.146 e. The number of methoxy groups -OCH3 is 1. The topological polar surface area (TPSA) is 52.6 Å². The third kappa shape index (κ3) is 2.10. The number of ether oxygens (including phenoxy) is 1. The summed E-state index contributed by atoms with van der Waals surface area (Å²) < 4.78 is 17.2. The van der Waals surface area contributed by atoms with Crippen LogP contribution >= 0.6 is 0 Å². The zero-order chi connectivity index (χ0) is 16.1. The van der Waals surface area contributed by atoms with Gasteiger partial charge in [-0.15, -0.1) is 0 Å². The fourth-order valence-electron chi connectivity index (χ4n) is 3.13. The lowest BCUT2D eigenvalue weighted by molar-refractivity contribution is -0.116. The van der Waals surface area contributed by atoms with Crippen molar-refractivity contribution >= 4 is 38.5 Å². The van der Waals surface area contributed by atoms with Crippen LogP contribution < -0.4 is 4.74 Å². The lowest BCUT2D eigenvalue weighted by Gasteiger charge is -2.04. The summed E-state index contributed by atoms with van der Waals surface area (Å²) in [5.74, 6) is 2.35. The lowest BCUT2D eigenvalue weighted by Crippen LogP contribution is -1.93. The van der Waals surface area contributed by atoms with Crippen molar-refractivity contribution in [3.8, 4) is 5.75 Å². The number of ketones is 1. The van der Waals surface area contributed by atoms with Gasteiger partial charge < -0.3 is 13.6 Å². The Balaban J connectivity index is 2.16. The molecule has 0 aliphatic carbocycles. The molecule has 0 aliphatic rings. The van der Waals surface area contributed by atoms with Crippen molar-refractivity contribution in [1.29, 1.82) is 0 Å². The van der Waals surface area contributed by atoms with Gasteiger partial charge in [-0.1, -0.05) is 0 Å². The van der Waals surface area contributed by atoms with Gasteiger partial charge in [-0.2, -0.15) is 0 Å². The Morgan fingerprint density at radius 2 is 1.74 bits per heavy atom. The van der Waals surface area contributed by atoms with Crippen molar-refractivity contribution in [3.63, 3.8) is 0 Å². The van der Waals surface area contributed by atoms with Gasteiger partial charge in [0.2, 0.25) is 0 Å². The first-order valence-electron chi connectivity index (χ1n) is 7.48. The summed E-state index contributed by atoms with van der Waals surface area (Å²) in [6.45, 7) is 3.48. The van der Waals surface area contributed by atoms with Gasteiger partial charge in [0.25, 0.3) is 0 Å². The first kappa shape index (κ1) is 13.9. The summed E-state index contributed by atoms with van der Waals surface area (Å²) in [4.78, 5) is 11.4. The number of benzene rings is 2. The van der Waals surface area contributed by atoms with Crippen molar-refractivity contribution in [2.75, 3.05) is 7.11 Å². The molecule has 0 radical (unpaired) electrons. The van der Waals surface area contributed by atoms with Crippen LogP contribution in [-0.4, -0.2) is 12.9 Å². The molecule has 0 N–H and O–H groups in total. The number of carbonyl (C=O) groups is 1. The smallest absolute Gasteiger partial charge is 0.146 e. The second kappa shape index (κ2) is 4.88. The summed E-state index contributed by atoms with van der Waals surface area (Å²) >= 11 is 0. The van der Waals surface area contributed by atoms with Crippen LogP contribution in [-0.2, 0) is 11.2 Å². The first-order valence-corrected chi connectivity index (χ1v) is 7.48. The SMILES string of the molecule is COc1ccc2c(c1)c1oc(C)cc1c1oc(CC(C)=O)cc21. The molecule has 0 atom stereocenters. The van der Waals surface area contributed by atoms with Gasteiger partial charge in [-0.05, 0) is 49.6 Å². The highest BCUT2D eigenvalue weighted by atomic mass is 16.5. The number of hydrogen-bond donors (Lipinski definition) is 0. The minimum Gasteiger partial charge on any atom is -0.497 e. The van der Waals surface area contributed by atoms with Crippen LogP contribution in [0.1, 0.15) is 18.4 Å². The molecule has 4 nitrogen and oxygen atoms in total. The highest BCUT2D eigenvalue weighted by Gasteiger charge is 2.17. The minimum atomic E-state index is 0.0784. The molecule has 4 aromatic rings. The third-order valence-corrected chi connectivity index (χ3v) is 4.07. The normalized spacial score (nSPS) is 11.6. The van der Waals surface area contributed by atoms with Gasteiger partial charge in [0.1, 0.15) is 34.2 Å².